The second kappa shape index (κ2) is 5.25. The van der Waals surface area contributed by atoms with Crippen LogP contribution in [0.4, 0.5) is 13.2 Å². The molecule has 0 aliphatic carbocycles. The third-order valence-corrected chi connectivity index (χ3v) is 3.30. The minimum Gasteiger partial charge on any atom is -0.325 e. The van der Waals surface area contributed by atoms with Crippen molar-refractivity contribution in [3.05, 3.63) is 0 Å². The van der Waals surface area contributed by atoms with E-state index < -0.39 is 18.6 Å². The molecule has 0 aromatic carbocycles. The summed E-state index contributed by atoms with van der Waals surface area (Å²) in [6.45, 7) is 5.53. The van der Waals surface area contributed by atoms with E-state index in [1.807, 2.05) is 13.8 Å². The van der Waals surface area contributed by atoms with Crippen LogP contribution in [0.2, 0.25) is 0 Å². The highest BCUT2D eigenvalue weighted by molar-refractivity contribution is 5.84. The van der Waals surface area contributed by atoms with Crippen LogP contribution in [0.25, 0.3) is 0 Å². The molecule has 0 bridgehead atoms. The van der Waals surface area contributed by atoms with Gasteiger partial charge in [0.1, 0.15) is 0 Å². The molecule has 17 heavy (non-hydrogen) atoms. The first-order valence-corrected chi connectivity index (χ1v) is 5.87. The topological polar surface area (TPSA) is 32.3 Å². The Hall–Kier alpha value is -0.780. The van der Waals surface area contributed by atoms with E-state index in [1.165, 1.54) is 11.8 Å². The highest BCUT2D eigenvalue weighted by Crippen LogP contribution is 2.26. The lowest BCUT2D eigenvalue weighted by molar-refractivity contribution is -0.151. The normalized spacial score (nSPS) is 25.2. The van der Waals surface area contributed by atoms with Crippen molar-refractivity contribution in [1.82, 2.24) is 10.2 Å². The first kappa shape index (κ1) is 14.3. The summed E-state index contributed by atoms with van der Waals surface area (Å²) in [6, 6.07) is -1.14. The van der Waals surface area contributed by atoms with E-state index in [1.54, 1.807) is 0 Å². The molecule has 6 heteroatoms. The standard InChI is InChI=1S/C11H19F3N2O/c1-4-7(2)9-10(17)16(6-15-9)8(3)5-11(12,13)14/h7-9,15H,4-6H2,1-3H3. The molecule has 1 rings (SSSR count). The van der Waals surface area contributed by atoms with Gasteiger partial charge in [0, 0.05) is 6.04 Å². The van der Waals surface area contributed by atoms with Crippen molar-refractivity contribution >= 4 is 5.91 Å². The number of amides is 1. The smallest absolute Gasteiger partial charge is 0.325 e. The fourth-order valence-electron chi connectivity index (χ4n) is 2.04. The van der Waals surface area contributed by atoms with Crippen LogP contribution in [-0.4, -0.2) is 35.7 Å². The van der Waals surface area contributed by atoms with Gasteiger partial charge in [0.05, 0.1) is 19.1 Å². The Bertz CT molecular complexity index is 280. The van der Waals surface area contributed by atoms with Gasteiger partial charge in [0.25, 0.3) is 0 Å². The molecule has 1 heterocycles. The van der Waals surface area contributed by atoms with Crippen LogP contribution in [0.15, 0.2) is 0 Å². The minimum atomic E-state index is -4.23. The average molecular weight is 252 g/mol. The number of hydrogen-bond acceptors (Lipinski definition) is 2. The Morgan fingerprint density at radius 2 is 2.06 bits per heavy atom. The lowest BCUT2D eigenvalue weighted by Gasteiger charge is -2.25. The number of nitrogens with one attached hydrogen (secondary N) is 1. The summed E-state index contributed by atoms with van der Waals surface area (Å²) in [4.78, 5) is 13.2. The summed E-state index contributed by atoms with van der Waals surface area (Å²) in [5, 5.41) is 2.98. The lowest BCUT2D eigenvalue weighted by atomic mass is 9.99. The molecule has 3 unspecified atom stereocenters. The predicted octanol–water partition coefficient (Wildman–Crippen LogP) is 2.13. The molecule has 0 saturated carbocycles. The molecule has 0 aromatic rings. The number of halogens is 3. The van der Waals surface area contributed by atoms with Gasteiger partial charge < -0.3 is 4.90 Å². The Morgan fingerprint density at radius 1 is 1.47 bits per heavy atom. The number of hydrogen-bond donors (Lipinski definition) is 1. The van der Waals surface area contributed by atoms with Gasteiger partial charge in [-0.3, -0.25) is 10.1 Å². The van der Waals surface area contributed by atoms with E-state index in [-0.39, 0.29) is 24.5 Å². The molecule has 3 atom stereocenters. The molecule has 1 amide bonds. The summed E-state index contributed by atoms with van der Waals surface area (Å²) in [6.07, 6.45) is -4.35. The molecule has 1 aliphatic rings. The van der Waals surface area contributed by atoms with Gasteiger partial charge in [-0.05, 0) is 12.8 Å². The largest absolute Gasteiger partial charge is 0.391 e. The first-order valence-electron chi connectivity index (χ1n) is 5.87. The fourth-order valence-corrected chi connectivity index (χ4v) is 2.04. The Labute approximate surface area is 99.4 Å². The second-order valence-electron chi connectivity index (χ2n) is 4.70. The SMILES string of the molecule is CCC(C)C1NCN(C(C)CC(F)(F)F)C1=O. The van der Waals surface area contributed by atoms with Crippen LogP contribution < -0.4 is 5.32 Å². The van der Waals surface area contributed by atoms with Crippen molar-refractivity contribution in [2.24, 2.45) is 5.92 Å². The number of nitrogens with zero attached hydrogens (tertiary/aromatic N) is 1. The van der Waals surface area contributed by atoms with Gasteiger partial charge in [-0.25, -0.2) is 0 Å². The van der Waals surface area contributed by atoms with E-state index in [4.69, 9.17) is 0 Å². The van der Waals surface area contributed by atoms with E-state index >= 15 is 0 Å². The molecule has 0 radical (unpaired) electrons. The van der Waals surface area contributed by atoms with Gasteiger partial charge in [-0.15, -0.1) is 0 Å². The van der Waals surface area contributed by atoms with E-state index in [0.717, 1.165) is 6.42 Å². The number of rotatable bonds is 4. The molecule has 1 saturated heterocycles. The molecule has 1 N–H and O–H groups in total. The first-order chi connectivity index (χ1) is 7.76. The van der Waals surface area contributed by atoms with Crippen LogP contribution in [-0.2, 0) is 4.79 Å². The van der Waals surface area contributed by atoms with Crippen LogP contribution in [0.5, 0.6) is 0 Å². The molecular formula is C11H19F3N2O. The van der Waals surface area contributed by atoms with Crippen molar-refractivity contribution in [2.75, 3.05) is 6.67 Å². The van der Waals surface area contributed by atoms with Crippen molar-refractivity contribution in [3.63, 3.8) is 0 Å². The molecule has 3 nitrogen and oxygen atoms in total. The molecule has 0 aromatic heterocycles. The Morgan fingerprint density at radius 3 is 2.53 bits per heavy atom. The van der Waals surface area contributed by atoms with Crippen molar-refractivity contribution in [2.45, 2.75) is 51.9 Å². The summed E-state index contributed by atoms with van der Waals surface area (Å²) in [7, 11) is 0. The van der Waals surface area contributed by atoms with Gasteiger partial charge in [-0.1, -0.05) is 20.3 Å². The number of alkyl halides is 3. The van der Waals surface area contributed by atoms with Crippen molar-refractivity contribution < 1.29 is 18.0 Å². The van der Waals surface area contributed by atoms with Gasteiger partial charge in [0.2, 0.25) is 5.91 Å². The maximum atomic E-state index is 12.3. The predicted molar refractivity (Wildman–Crippen MR) is 58.2 cm³/mol. The van der Waals surface area contributed by atoms with Gasteiger partial charge >= 0.3 is 6.18 Å². The molecule has 0 spiro atoms. The molecular weight excluding hydrogens is 233 g/mol. The van der Waals surface area contributed by atoms with Gasteiger partial charge in [-0.2, -0.15) is 13.2 Å². The van der Waals surface area contributed by atoms with Crippen LogP contribution in [0.1, 0.15) is 33.6 Å². The van der Waals surface area contributed by atoms with Crippen LogP contribution >= 0.6 is 0 Å². The highest BCUT2D eigenvalue weighted by atomic mass is 19.4. The molecule has 100 valence electrons. The van der Waals surface area contributed by atoms with Gasteiger partial charge in [0.15, 0.2) is 0 Å². The monoisotopic (exact) mass is 252 g/mol. The summed E-state index contributed by atoms with van der Waals surface area (Å²) >= 11 is 0. The zero-order valence-corrected chi connectivity index (χ0v) is 10.3. The number of carbonyl (C=O) groups excluding carboxylic acids is 1. The van der Waals surface area contributed by atoms with Crippen LogP contribution in [0, 0.1) is 5.92 Å². The van der Waals surface area contributed by atoms with Crippen LogP contribution in [0.3, 0.4) is 0 Å². The molecule has 1 fully saturated rings. The average Bonchev–Trinajstić information content (AvgIpc) is 2.56. The lowest BCUT2D eigenvalue weighted by Crippen LogP contribution is -2.40. The maximum absolute atomic E-state index is 12.3. The highest BCUT2D eigenvalue weighted by Gasteiger charge is 2.40. The second-order valence-corrected chi connectivity index (χ2v) is 4.70. The zero-order valence-electron chi connectivity index (χ0n) is 10.3. The maximum Gasteiger partial charge on any atom is 0.391 e. The fraction of sp³-hybridized carbons (Fsp3) is 0.909. The van der Waals surface area contributed by atoms with Crippen molar-refractivity contribution in [1.29, 1.82) is 0 Å². The summed E-state index contributed by atoms with van der Waals surface area (Å²) in [5.74, 6) is -0.0679. The van der Waals surface area contributed by atoms with E-state index in [9.17, 15) is 18.0 Å². The Balaban J connectivity index is 2.61. The minimum absolute atomic E-state index is 0.144. The zero-order chi connectivity index (χ0) is 13.2. The van der Waals surface area contributed by atoms with E-state index in [0.29, 0.717) is 0 Å². The third kappa shape index (κ3) is 3.59. The molecule has 1 aliphatic heterocycles. The quantitative estimate of drug-likeness (QED) is 0.831. The van der Waals surface area contributed by atoms with Crippen molar-refractivity contribution in [3.8, 4) is 0 Å². The Kier molecular flexibility index (Phi) is 4.41. The number of carbonyl (C=O) groups is 1. The summed E-state index contributed by atoms with van der Waals surface area (Å²) in [5.41, 5.74) is 0. The third-order valence-electron chi connectivity index (χ3n) is 3.30. The summed E-state index contributed by atoms with van der Waals surface area (Å²) < 4.78 is 36.8. The van der Waals surface area contributed by atoms with E-state index in [2.05, 4.69) is 5.32 Å².